The standard InChI is InChI=1S/C16H17FN2O3S/c1-22-16(21)18-9-8-15(20)19(11-14-3-2-10-23-14)13-6-4-12(17)5-7-13/h2-7,10H,8-9,11H2,1H3,(H,18,21). The van der Waals surface area contributed by atoms with Gasteiger partial charge in [0.2, 0.25) is 5.91 Å². The van der Waals surface area contributed by atoms with Gasteiger partial charge in [-0.05, 0) is 35.7 Å². The molecule has 7 heteroatoms. The van der Waals surface area contributed by atoms with E-state index < -0.39 is 6.09 Å². The number of alkyl carbamates (subject to hydrolysis) is 1. The number of ether oxygens (including phenoxy) is 1. The van der Waals surface area contributed by atoms with Gasteiger partial charge in [-0.3, -0.25) is 4.79 Å². The van der Waals surface area contributed by atoms with Crippen LogP contribution in [0.15, 0.2) is 41.8 Å². The number of nitrogens with one attached hydrogen (secondary N) is 1. The van der Waals surface area contributed by atoms with E-state index in [1.165, 1.54) is 19.2 Å². The van der Waals surface area contributed by atoms with E-state index in [-0.39, 0.29) is 24.7 Å². The first-order valence-corrected chi connectivity index (χ1v) is 7.88. The molecule has 0 unspecified atom stereocenters. The molecule has 0 aliphatic heterocycles. The summed E-state index contributed by atoms with van der Waals surface area (Å²) in [4.78, 5) is 26.1. The normalized spacial score (nSPS) is 10.2. The minimum absolute atomic E-state index is 0.123. The van der Waals surface area contributed by atoms with Crippen LogP contribution in [0.1, 0.15) is 11.3 Å². The van der Waals surface area contributed by atoms with Crippen molar-refractivity contribution in [3.63, 3.8) is 0 Å². The van der Waals surface area contributed by atoms with Crippen molar-refractivity contribution in [3.05, 3.63) is 52.5 Å². The number of amides is 2. The zero-order valence-corrected chi connectivity index (χ0v) is 13.4. The third-order valence-electron chi connectivity index (χ3n) is 3.13. The highest BCUT2D eigenvalue weighted by molar-refractivity contribution is 7.09. The first-order chi connectivity index (χ1) is 11.1. The molecule has 1 N–H and O–H groups in total. The van der Waals surface area contributed by atoms with Crippen LogP contribution in [0, 0.1) is 5.82 Å². The van der Waals surface area contributed by atoms with Gasteiger partial charge in [0, 0.05) is 23.5 Å². The Hall–Kier alpha value is -2.41. The highest BCUT2D eigenvalue weighted by Gasteiger charge is 2.17. The molecule has 0 saturated carbocycles. The van der Waals surface area contributed by atoms with E-state index in [2.05, 4.69) is 10.1 Å². The molecule has 0 saturated heterocycles. The number of benzene rings is 1. The van der Waals surface area contributed by atoms with Gasteiger partial charge in [-0.1, -0.05) is 6.07 Å². The molecule has 1 heterocycles. The van der Waals surface area contributed by atoms with Crippen molar-refractivity contribution >= 4 is 29.0 Å². The average molecular weight is 336 g/mol. The second-order valence-corrected chi connectivity index (χ2v) is 5.74. The molecule has 23 heavy (non-hydrogen) atoms. The molecule has 122 valence electrons. The van der Waals surface area contributed by atoms with E-state index in [0.29, 0.717) is 12.2 Å². The number of hydrogen-bond donors (Lipinski definition) is 1. The maximum Gasteiger partial charge on any atom is 0.406 e. The van der Waals surface area contributed by atoms with Crippen molar-refractivity contribution in [2.45, 2.75) is 13.0 Å². The molecule has 2 aromatic rings. The minimum atomic E-state index is -0.579. The van der Waals surface area contributed by atoms with Gasteiger partial charge >= 0.3 is 6.09 Å². The second kappa shape index (κ2) is 8.28. The van der Waals surface area contributed by atoms with Gasteiger partial charge < -0.3 is 15.0 Å². The van der Waals surface area contributed by atoms with Crippen LogP contribution in [-0.2, 0) is 16.1 Å². The first kappa shape index (κ1) is 17.0. The lowest BCUT2D eigenvalue weighted by Crippen LogP contribution is -2.34. The third kappa shape index (κ3) is 5.07. The summed E-state index contributed by atoms with van der Waals surface area (Å²) in [5, 5.41) is 4.40. The monoisotopic (exact) mass is 336 g/mol. The highest BCUT2D eigenvalue weighted by Crippen LogP contribution is 2.21. The van der Waals surface area contributed by atoms with Crippen molar-refractivity contribution in [1.82, 2.24) is 5.32 Å². The molecule has 0 fully saturated rings. The summed E-state index contributed by atoms with van der Waals surface area (Å²) >= 11 is 1.54. The van der Waals surface area contributed by atoms with Gasteiger partial charge in [0.15, 0.2) is 0 Å². The lowest BCUT2D eigenvalue weighted by atomic mass is 10.2. The van der Waals surface area contributed by atoms with Gasteiger partial charge in [-0.15, -0.1) is 11.3 Å². The van der Waals surface area contributed by atoms with Gasteiger partial charge in [0.25, 0.3) is 0 Å². The molecule has 0 radical (unpaired) electrons. The molecule has 0 bridgehead atoms. The smallest absolute Gasteiger partial charge is 0.406 e. The lowest BCUT2D eigenvalue weighted by Gasteiger charge is -2.22. The molecule has 0 spiro atoms. The topological polar surface area (TPSA) is 58.6 Å². The van der Waals surface area contributed by atoms with Crippen LogP contribution in [0.5, 0.6) is 0 Å². The van der Waals surface area contributed by atoms with Crippen LogP contribution in [0.3, 0.4) is 0 Å². The Balaban J connectivity index is 2.07. The second-order valence-electron chi connectivity index (χ2n) is 4.70. The fourth-order valence-corrected chi connectivity index (χ4v) is 2.67. The maximum atomic E-state index is 13.1. The van der Waals surface area contributed by atoms with E-state index >= 15 is 0 Å². The highest BCUT2D eigenvalue weighted by atomic mass is 32.1. The van der Waals surface area contributed by atoms with Crippen molar-refractivity contribution in [3.8, 4) is 0 Å². The largest absolute Gasteiger partial charge is 0.453 e. The predicted octanol–water partition coefficient (Wildman–Crippen LogP) is 3.17. The molecular weight excluding hydrogens is 319 g/mol. The molecule has 1 aromatic heterocycles. The van der Waals surface area contributed by atoms with E-state index in [1.807, 2.05) is 17.5 Å². The number of nitrogens with zero attached hydrogens (tertiary/aromatic N) is 1. The van der Waals surface area contributed by atoms with Crippen molar-refractivity contribution in [1.29, 1.82) is 0 Å². The molecule has 0 aliphatic rings. The number of carbonyl (C=O) groups excluding carboxylic acids is 2. The number of carbonyl (C=O) groups is 2. The molecule has 2 rings (SSSR count). The number of thiophene rings is 1. The maximum absolute atomic E-state index is 13.1. The quantitative estimate of drug-likeness (QED) is 0.881. The zero-order valence-electron chi connectivity index (χ0n) is 12.6. The molecule has 5 nitrogen and oxygen atoms in total. The molecule has 2 amide bonds. The Kier molecular flexibility index (Phi) is 6.10. The van der Waals surface area contributed by atoms with E-state index in [0.717, 1.165) is 4.88 Å². The van der Waals surface area contributed by atoms with Crippen LogP contribution >= 0.6 is 11.3 Å². The Bertz CT molecular complexity index is 644. The summed E-state index contributed by atoms with van der Waals surface area (Å²) in [5.41, 5.74) is 0.614. The fourth-order valence-electron chi connectivity index (χ4n) is 1.98. The van der Waals surface area contributed by atoms with Crippen LogP contribution in [0.25, 0.3) is 0 Å². The van der Waals surface area contributed by atoms with E-state index in [1.54, 1.807) is 28.4 Å². The summed E-state index contributed by atoms with van der Waals surface area (Å²) in [6, 6.07) is 9.60. The Morgan fingerprint density at radius 1 is 1.26 bits per heavy atom. The average Bonchev–Trinajstić information content (AvgIpc) is 3.06. The number of anilines is 1. The first-order valence-electron chi connectivity index (χ1n) is 7.00. The summed E-state index contributed by atoms with van der Waals surface area (Å²) in [6.45, 7) is 0.577. The molecule has 0 aliphatic carbocycles. The van der Waals surface area contributed by atoms with E-state index in [9.17, 15) is 14.0 Å². The summed E-state index contributed by atoms with van der Waals surface area (Å²) in [7, 11) is 1.26. The Morgan fingerprint density at radius 2 is 2.00 bits per heavy atom. The van der Waals surface area contributed by atoms with Crippen LogP contribution in [-0.4, -0.2) is 25.7 Å². The van der Waals surface area contributed by atoms with Crippen LogP contribution < -0.4 is 10.2 Å². The SMILES string of the molecule is COC(=O)NCCC(=O)N(Cc1cccs1)c1ccc(F)cc1. The third-order valence-corrected chi connectivity index (χ3v) is 3.99. The summed E-state index contributed by atoms with van der Waals surface area (Å²) in [6.07, 6.45) is -0.456. The number of methoxy groups -OCH3 is 1. The zero-order chi connectivity index (χ0) is 16.7. The van der Waals surface area contributed by atoms with E-state index in [4.69, 9.17) is 0 Å². The van der Waals surface area contributed by atoms with Crippen LogP contribution in [0.2, 0.25) is 0 Å². The van der Waals surface area contributed by atoms with Crippen LogP contribution in [0.4, 0.5) is 14.9 Å². The van der Waals surface area contributed by atoms with Crippen molar-refractivity contribution < 1.29 is 18.7 Å². The van der Waals surface area contributed by atoms with Crippen molar-refractivity contribution in [2.75, 3.05) is 18.6 Å². The number of hydrogen-bond acceptors (Lipinski definition) is 4. The van der Waals surface area contributed by atoms with Gasteiger partial charge in [-0.2, -0.15) is 0 Å². The van der Waals surface area contributed by atoms with Gasteiger partial charge in [0.1, 0.15) is 5.82 Å². The predicted molar refractivity (Wildman–Crippen MR) is 86.9 cm³/mol. The van der Waals surface area contributed by atoms with Gasteiger partial charge in [-0.25, -0.2) is 9.18 Å². The molecular formula is C16H17FN2O3S. The Morgan fingerprint density at radius 3 is 2.61 bits per heavy atom. The molecule has 0 atom stereocenters. The number of rotatable bonds is 6. The minimum Gasteiger partial charge on any atom is -0.453 e. The lowest BCUT2D eigenvalue weighted by molar-refractivity contribution is -0.118. The fraction of sp³-hybridized carbons (Fsp3) is 0.250. The van der Waals surface area contributed by atoms with Crippen molar-refractivity contribution in [2.24, 2.45) is 0 Å². The van der Waals surface area contributed by atoms with Gasteiger partial charge in [0.05, 0.1) is 13.7 Å². The summed E-state index contributed by atoms with van der Waals surface area (Å²) in [5.74, 6) is -0.522. The molecule has 1 aromatic carbocycles. The Labute approximate surface area is 137 Å². The summed E-state index contributed by atoms with van der Waals surface area (Å²) < 4.78 is 17.6. The number of halogens is 1.